The lowest BCUT2D eigenvalue weighted by Gasteiger charge is -2.14. The molecule has 0 bridgehead atoms. The van der Waals surface area contributed by atoms with Crippen molar-refractivity contribution in [3.8, 4) is 130 Å². The highest BCUT2D eigenvalue weighted by Gasteiger charge is 2.25. The number of hydrogen-bond acceptors (Lipinski definition) is 8. The third-order valence-corrected chi connectivity index (χ3v) is 25.6. The molecular weight excluding hydrogens is 1560 g/mol. The molecule has 0 saturated carbocycles. The number of nitrogens with zero attached hydrogens (tertiary/aromatic N) is 8. The average molecular weight is 1630 g/mol. The summed E-state index contributed by atoms with van der Waals surface area (Å²) < 4.78 is 21.2. The van der Waals surface area contributed by atoms with E-state index in [0.29, 0.717) is 23.3 Å². The number of furan rings is 2. The van der Waals surface area contributed by atoms with Crippen molar-refractivity contribution in [3.05, 3.63) is 423 Å². The third kappa shape index (κ3) is 12.7. The van der Waals surface area contributed by atoms with Crippen molar-refractivity contribution in [1.82, 2.24) is 38.6 Å². The summed E-state index contributed by atoms with van der Waals surface area (Å²) in [6.07, 6.45) is 0. The Bertz CT molecular complexity index is 8490. The molecule has 0 aliphatic heterocycles. The van der Waals surface area contributed by atoms with Gasteiger partial charge in [-0.05, 0) is 168 Å². The number of aryl methyl sites for hydroxylation is 2. The van der Waals surface area contributed by atoms with Gasteiger partial charge in [-0.2, -0.15) is 0 Å². The molecule has 11 heteroatoms. The van der Waals surface area contributed by atoms with E-state index in [-0.39, 0.29) is 0 Å². The maximum atomic E-state index is 6.37. The first-order valence-corrected chi connectivity index (χ1v) is 43.3. The van der Waals surface area contributed by atoms with Crippen LogP contribution in [0.1, 0.15) is 10.6 Å². The van der Waals surface area contributed by atoms with E-state index in [0.717, 1.165) is 139 Å². The molecule has 8 heterocycles. The smallest absolute Gasteiger partial charge is 0.164 e. The molecule has 10 nitrogen and oxygen atoms in total. The van der Waals surface area contributed by atoms with Gasteiger partial charge in [0.2, 0.25) is 0 Å². The van der Waals surface area contributed by atoms with Gasteiger partial charge in [-0.25, -0.2) is 24.9 Å². The molecule has 0 atom stereocenters. The van der Waals surface area contributed by atoms with Crippen molar-refractivity contribution < 1.29 is 8.83 Å². The zero-order valence-corrected chi connectivity index (χ0v) is 69.4. The second-order valence-electron chi connectivity index (χ2n) is 32.3. The molecule has 17 aromatic carbocycles. The summed E-state index contributed by atoms with van der Waals surface area (Å²) in [4.78, 5) is 26.3. The van der Waals surface area contributed by atoms with Gasteiger partial charge in [0.1, 0.15) is 22.5 Å². The van der Waals surface area contributed by atoms with Crippen LogP contribution in [0.4, 0.5) is 0 Å². The van der Waals surface area contributed by atoms with Crippen LogP contribution in [0.5, 0.6) is 0 Å². The minimum absolute atomic E-state index is 0.643. The minimum Gasteiger partial charge on any atom is -0.461 e. The molecule has 0 amide bonds. The zero-order valence-electron chi connectivity index (χ0n) is 68.6. The van der Waals surface area contributed by atoms with Gasteiger partial charge in [-0.1, -0.05) is 291 Å². The van der Waals surface area contributed by atoms with Gasteiger partial charge in [0.15, 0.2) is 23.3 Å². The second kappa shape index (κ2) is 30.3. The standard InChI is InChI=1S/C60H39N5S.C55H35N3O2/c1-38-36-50-54(35-33-47(57(50)66-38)46-24-15-27-55-56(46)48-23-12-14-26-52(48)64(55)44-20-9-4-10-21-44)65-51-25-13-11-22-45(51)49-37-43(32-34-53(49)65)39-28-30-42(31-29-39)60-62-58(40-16-5-2-6-17-40)61-59(63-60)41-18-7-3-8-19-41;1-34-27-47-45(39-23-25-44-43-20-9-11-22-52(43)60-53(44)30-39)31-41(32-54(47)59-34)58-50-21-10-8-19-42(50)46-29-38(24-26-51(46)58)37-17-12-18-40(28-37)55-56-48(35-13-4-2-5-14-35)33-49(57-55)36-15-6-3-7-16-36/h2-37H,1H3;2-33H,1H3. The summed E-state index contributed by atoms with van der Waals surface area (Å²) in [5.41, 5.74) is 29.8. The molecule has 0 spiro atoms. The molecule has 0 saturated heterocycles. The first-order valence-electron chi connectivity index (χ1n) is 42.5. The fraction of sp³-hybridized carbons (Fsp3) is 0.0174. The van der Waals surface area contributed by atoms with Gasteiger partial charge < -0.3 is 22.5 Å². The van der Waals surface area contributed by atoms with Gasteiger partial charge in [0.05, 0.1) is 55.9 Å². The fourth-order valence-electron chi connectivity index (χ4n) is 18.8. The van der Waals surface area contributed by atoms with Crippen molar-refractivity contribution in [2.45, 2.75) is 13.8 Å². The fourth-order valence-corrected chi connectivity index (χ4v) is 19.8. The van der Waals surface area contributed by atoms with Crippen LogP contribution in [0.3, 0.4) is 0 Å². The molecule has 25 rings (SSSR count). The maximum Gasteiger partial charge on any atom is 0.164 e. The van der Waals surface area contributed by atoms with E-state index in [9.17, 15) is 0 Å². The molecule has 0 aliphatic carbocycles. The predicted octanol–water partition coefficient (Wildman–Crippen LogP) is 30.8. The molecular formula is C115H74N8O2S. The Morgan fingerprint density at radius 2 is 0.675 bits per heavy atom. The lowest BCUT2D eigenvalue weighted by atomic mass is 9.97. The van der Waals surface area contributed by atoms with Crippen LogP contribution in [-0.4, -0.2) is 38.6 Å². The number of hydrogen-bond donors (Lipinski definition) is 0. The van der Waals surface area contributed by atoms with Crippen LogP contribution in [0.2, 0.25) is 0 Å². The molecule has 25 aromatic rings. The van der Waals surface area contributed by atoms with Gasteiger partial charge in [0, 0.05) is 114 Å². The Balaban J connectivity index is 0.000000142. The number of fused-ring (bicyclic) bond motifs is 14. The number of rotatable bonds is 13. The van der Waals surface area contributed by atoms with E-state index in [1.807, 2.05) is 127 Å². The SMILES string of the molecule is Cc1cc2c(-c3ccc4c(c3)oc3ccccc34)cc(-n3c4ccccc4c4cc(-c5cccc(-c6nc(-c7ccccc7)cc(-c7ccccc7)n6)c5)ccc43)cc2o1.Cc1cc2c(-n3c4ccccc4c4cc(-c5ccc(-c6nc(-c7ccccc7)nc(-c7ccccc7)n6)cc5)ccc43)ccc(-c3cccc4c3c3ccccc3n4-c3ccccc3)c2s1. The number of thiophene rings is 1. The summed E-state index contributed by atoms with van der Waals surface area (Å²) in [7, 11) is 0. The van der Waals surface area contributed by atoms with E-state index in [2.05, 4.69) is 324 Å². The number of aromatic nitrogens is 8. The molecule has 0 N–H and O–H groups in total. The summed E-state index contributed by atoms with van der Waals surface area (Å²) in [6.45, 7) is 4.24. The second-order valence-corrected chi connectivity index (χ2v) is 33.5. The maximum absolute atomic E-state index is 6.37. The van der Waals surface area contributed by atoms with Crippen molar-refractivity contribution >= 4 is 120 Å². The van der Waals surface area contributed by atoms with Crippen molar-refractivity contribution in [3.63, 3.8) is 0 Å². The first kappa shape index (κ1) is 73.5. The van der Waals surface area contributed by atoms with Crippen LogP contribution >= 0.6 is 11.3 Å². The van der Waals surface area contributed by atoms with E-state index >= 15 is 0 Å². The molecule has 0 aliphatic rings. The van der Waals surface area contributed by atoms with Gasteiger partial charge >= 0.3 is 0 Å². The normalized spacial score (nSPS) is 11.7. The Hall–Kier alpha value is -16.5. The lowest BCUT2D eigenvalue weighted by Crippen LogP contribution is -2.00. The Labute approximate surface area is 728 Å². The average Bonchev–Trinajstić information content (AvgIpc) is 1.56. The van der Waals surface area contributed by atoms with E-state index in [1.165, 1.54) is 86.2 Å². The van der Waals surface area contributed by atoms with Crippen molar-refractivity contribution in [2.24, 2.45) is 0 Å². The third-order valence-electron chi connectivity index (χ3n) is 24.6. The summed E-state index contributed by atoms with van der Waals surface area (Å²) >= 11 is 1.88. The van der Waals surface area contributed by atoms with Crippen LogP contribution in [-0.2, 0) is 0 Å². The van der Waals surface area contributed by atoms with E-state index < -0.39 is 0 Å². The predicted molar refractivity (Wildman–Crippen MR) is 521 cm³/mol. The first-order chi connectivity index (χ1) is 62.2. The Morgan fingerprint density at radius 1 is 0.222 bits per heavy atom. The van der Waals surface area contributed by atoms with E-state index in [4.69, 9.17) is 33.8 Å². The number of benzene rings is 17. The summed E-state index contributed by atoms with van der Waals surface area (Å²) in [5, 5.41) is 11.9. The van der Waals surface area contributed by atoms with Crippen LogP contribution < -0.4 is 0 Å². The molecule has 0 fully saturated rings. The lowest BCUT2D eigenvalue weighted by molar-refractivity contribution is 0.578. The largest absolute Gasteiger partial charge is 0.461 e. The Kier molecular flexibility index (Phi) is 17.7. The highest BCUT2D eigenvalue weighted by atomic mass is 32.1. The zero-order chi connectivity index (χ0) is 83.5. The monoisotopic (exact) mass is 1630 g/mol. The van der Waals surface area contributed by atoms with Gasteiger partial charge in [0.25, 0.3) is 0 Å². The van der Waals surface area contributed by atoms with Gasteiger partial charge in [-0.3, -0.25) is 0 Å². The van der Waals surface area contributed by atoms with Crippen LogP contribution in [0, 0.1) is 13.8 Å². The molecule has 126 heavy (non-hydrogen) atoms. The summed E-state index contributed by atoms with van der Waals surface area (Å²) in [6, 6.07) is 146. The van der Waals surface area contributed by atoms with Crippen molar-refractivity contribution in [1.29, 1.82) is 0 Å². The summed E-state index contributed by atoms with van der Waals surface area (Å²) in [5.74, 6) is 3.51. The Morgan fingerprint density at radius 3 is 1.33 bits per heavy atom. The van der Waals surface area contributed by atoms with Crippen molar-refractivity contribution in [2.75, 3.05) is 0 Å². The molecule has 0 unspecified atom stereocenters. The number of para-hydroxylation sites is 5. The highest BCUT2D eigenvalue weighted by Crippen LogP contribution is 2.48. The molecule has 0 radical (unpaired) electrons. The van der Waals surface area contributed by atoms with Crippen LogP contribution in [0.15, 0.2) is 421 Å². The minimum atomic E-state index is 0.643. The highest BCUT2D eigenvalue weighted by molar-refractivity contribution is 7.19. The topological polar surface area (TPSA) is 106 Å². The molecule has 592 valence electrons. The van der Waals surface area contributed by atoms with E-state index in [1.54, 1.807) is 0 Å². The quantitative estimate of drug-likeness (QED) is 0.113. The van der Waals surface area contributed by atoms with Gasteiger partial charge in [-0.15, -0.1) is 11.3 Å². The van der Waals surface area contributed by atoms with Crippen LogP contribution in [0.25, 0.3) is 238 Å². The molecule has 8 aromatic heterocycles.